The van der Waals surface area contributed by atoms with E-state index < -0.39 is 41.9 Å². The second-order valence-corrected chi connectivity index (χ2v) is 9.09. The lowest BCUT2D eigenvalue weighted by Crippen LogP contribution is -2.63. The number of rotatable bonds is 6. The zero-order valence-electron chi connectivity index (χ0n) is 20.4. The number of carbonyl (C=O) groups excluding carboxylic acids is 1. The summed E-state index contributed by atoms with van der Waals surface area (Å²) in [4.78, 5) is 24.7. The number of benzene rings is 2. The van der Waals surface area contributed by atoms with Crippen LogP contribution in [0.4, 0.5) is 10.5 Å². The first-order valence-corrected chi connectivity index (χ1v) is 11.4. The summed E-state index contributed by atoms with van der Waals surface area (Å²) < 4.78 is 27.6. The van der Waals surface area contributed by atoms with Gasteiger partial charge in [-0.1, -0.05) is 30.3 Å². The summed E-state index contributed by atoms with van der Waals surface area (Å²) in [6.07, 6.45) is -5.35. The molecule has 0 spiro atoms. The number of hydrogen-bond donors (Lipinski definition) is 3. The highest BCUT2D eigenvalue weighted by Crippen LogP contribution is 2.35. The molecule has 2 aromatic carbocycles. The fourth-order valence-corrected chi connectivity index (χ4v) is 4.22. The van der Waals surface area contributed by atoms with Gasteiger partial charge in [0.2, 0.25) is 6.29 Å². The van der Waals surface area contributed by atoms with Crippen molar-refractivity contribution in [3.8, 4) is 5.75 Å². The monoisotopic (exact) mass is 499 g/mol. The molecule has 4 rings (SSSR count). The van der Waals surface area contributed by atoms with Crippen LogP contribution in [-0.2, 0) is 20.8 Å². The van der Waals surface area contributed by atoms with Crippen LogP contribution in [0.3, 0.4) is 0 Å². The van der Waals surface area contributed by atoms with Crippen LogP contribution in [0.15, 0.2) is 57.7 Å². The third-order valence-electron chi connectivity index (χ3n) is 6.09. The molecular weight excluding hydrogens is 470 g/mol. The number of anilines is 1. The normalized spacial score (nSPS) is 23.3. The van der Waals surface area contributed by atoms with Crippen LogP contribution in [0.2, 0.25) is 0 Å². The van der Waals surface area contributed by atoms with Crippen LogP contribution >= 0.6 is 0 Å². The number of fused-ring (bicyclic) bond motifs is 1. The number of hydrogen-bond acceptors (Lipinski definition) is 9. The number of amides is 1. The van der Waals surface area contributed by atoms with Gasteiger partial charge in [-0.3, -0.25) is 5.32 Å². The van der Waals surface area contributed by atoms with Crippen molar-refractivity contribution >= 4 is 22.7 Å². The molecule has 0 saturated carbocycles. The van der Waals surface area contributed by atoms with Gasteiger partial charge in [-0.2, -0.15) is 0 Å². The summed E-state index contributed by atoms with van der Waals surface area (Å²) in [5.74, 6) is 0.288. The van der Waals surface area contributed by atoms with Gasteiger partial charge in [-0.25, -0.2) is 9.59 Å². The van der Waals surface area contributed by atoms with Crippen LogP contribution in [0.5, 0.6) is 5.75 Å². The number of carbonyl (C=O) groups is 1. The Morgan fingerprint density at radius 2 is 1.83 bits per heavy atom. The Kier molecular flexibility index (Phi) is 7.32. The molecule has 0 bridgehead atoms. The summed E-state index contributed by atoms with van der Waals surface area (Å²) in [5, 5.41) is 23.9. The van der Waals surface area contributed by atoms with Crippen molar-refractivity contribution in [2.24, 2.45) is 0 Å². The van der Waals surface area contributed by atoms with Crippen molar-refractivity contribution in [3.63, 3.8) is 0 Å². The maximum Gasteiger partial charge on any atom is 0.412 e. The molecule has 1 fully saturated rings. The Labute approximate surface area is 207 Å². The van der Waals surface area contributed by atoms with Crippen molar-refractivity contribution in [3.05, 3.63) is 70.1 Å². The van der Waals surface area contributed by atoms with Crippen LogP contribution < -0.4 is 15.7 Å². The maximum atomic E-state index is 12.6. The average molecular weight is 500 g/mol. The molecule has 0 unspecified atom stereocenters. The molecule has 36 heavy (non-hydrogen) atoms. The summed E-state index contributed by atoms with van der Waals surface area (Å²) in [6.45, 7) is 5.17. The van der Waals surface area contributed by atoms with Crippen LogP contribution in [0, 0.1) is 6.92 Å². The number of nitrogens with one attached hydrogen (secondary N) is 1. The summed E-state index contributed by atoms with van der Waals surface area (Å²) in [7, 11) is 1.43. The standard InChI is InChI=1S/C26H29NO9/c1-14-18(34-24-20(29)19(28)22(32-4)26(2,3)36-24)11-10-16-12-17(23(30)35-21(14)16)27-25(31)33-13-15-8-6-5-7-9-15/h5-12,19-20,22,24,28-29H,13H2,1-4H3,(H,27,31)/t19-,20-,22+,24+/m0/s1. The van der Waals surface area contributed by atoms with E-state index in [2.05, 4.69) is 5.32 Å². The van der Waals surface area contributed by atoms with Crippen molar-refractivity contribution in [2.75, 3.05) is 12.4 Å². The van der Waals surface area contributed by atoms with E-state index in [0.717, 1.165) is 5.56 Å². The van der Waals surface area contributed by atoms with Gasteiger partial charge in [0.15, 0.2) is 0 Å². The Bertz CT molecular complexity index is 1290. The predicted octanol–water partition coefficient (Wildman–Crippen LogP) is 3.10. The Hall–Kier alpha value is -3.44. The molecule has 1 aliphatic heterocycles. The van der Waals surface area contributed by atoms with Crippen molar-refractivity contribution in [2.45, 2.75) is 57.6 Å². The first-order valence-electron chi connectivity index (χ1n) is 11.4. The van der Waals surface area contributed by atoms with E-state index >= 15 is 0 Å². The molecule has 1 aromatic heterocycles. The van der Waals surface area contributed by atoms with E-state index in [9.17, 15) is 19.8 Å². The number of ether oxygens (including phenoxy) is 4. The quantitative estimate of drug-likeness (QED) is 0.437. The molecule has 10 heteroatoms. The fourth-order valence-electron chi connectivity index (χ4n) is 4.22. The van der Waals surface area contributed by atoms with Gasteiger partial charge in [-0.15, -0.1) is 0 Å². The van der Waals surface area contributed by atoms with Crippen LogP contribution in [-0.4, -0.2) is 53.6 Å². The van der Waals surface area contributed by atoms with Gasteiger partial charge in [0.1, 0.15) is 41.9 Å². The van der Waals surface area contributed by atoms with E-state index in [0.29, 0.717) is 10.9 Å². The SMILES string of the molecule is CO[C@@H]1[C@@H](O)[C@H](O)[C@H](Oc2ccc3cc(NC(=O)OCc4ccccc4)c(=O)oc3c2C)OC1(C)C. The van der Waals surface area contributed by atoms with Crippen molar-refractivity contribution < 1.29 is 38.4 Å². The lowest BCUT2D eigenvalue weighted by atomic mass is 9.89. The summed E-state index contributed by atoms with van der Waals surface area (Å²) >= 11 is 0. The molecule has 2 heterocycles. The van der Waals surface area contributed by atoms with E-state index in [4.69, 9.17) is 23.4 Å². The number of aliphatic hydroxyl groups is 2. The lowest BCUT2D eigenvalue weighted by Gasteiger charge is -2.46. The number of aliphatic hydroxyl groups excluding tert-OH is 2. The minimum atomic E-state index is -1.38. The topological polar surface area (TPSA) is 137 Å². The average Bonchev–Trinajstić information content (AvgIpc) is 2.84. The number of aryl methyl sites for hydroxylation is 1. The largest absolute Gasteiger partial charge is 0.462 e. The van der Waals surface area contributed by atoms with Crippen LogP contribution in [0.1, 0.15) is 25.0 Å². The van der Waals surface area contributed by atoms with Gasteiger partial charge < -0.3 is 33.6 Å². The highest BCUT2D eigenvalue weighted by molar-refractivity contribution is 5.89. The van der Waals surface area contributed by atoms with Gasteiger partial charge in [0.05, 0.1) is 5.60 Å². The molecule has 3 N–H and O–H groups in total. The molecule has 1 aliphatic rings. The van der Waals surface area contributed by atoms with Gasteiger partial charge in [-0.05, 0) is 44.5 Å². The van der Waals surface area contributed by atoms with Gasteiger partial charge in [0, 0.05) is 18.1 Å². The zero-order valence-corrected chi connectivity index (χ0v) is 20.4. The van der Waals surface area contributed by atoms with E-state index in [1.165, 1.54) is 13.2 Å². The van der Waals surface area contributed by atoms with E-state index in [-0.39, 0.29) is 23.6 Å². The lowest BCUT2D eigenvalue weighted by molar-refractivity contribution is -0.306. The van der Waals surface area contributed by atoms with Crippen LogP contribution in [0.25, 0.3) is 11.0 Å². The Morgan fingerprint density at radius 3 is 2.53 bits per heavy atom. The summed E-state index contributed by atoms with van der Waals surface area (Å²) in [6, 6.07) is 13.9. The second-order valence-electron chi connectivity index (χ2n) is 9.09. The minimum Gasteiger partial charge on any atom is -0.462 e. The minimum absolute atomic E-state index is 0.0527. The first kappa shape index (κ1) is 25.6. The molecule has 192 valence electrons. The smallest absolute Gasteiger partial charge is 0.412 e. The third kappa shape index (κ3) is 5.21. The first-order chi connectivity index (χ1) is 17.1. The molecule has 1 amide bonds. The van der Waals surface area contributed by atoms with Crippen molar-refractivity contribution in [1.29, 1.82) is 0 Å². The molecule has 0 radical (unpaired) electrons. The highest BCUT2D eigenvalue weighted by atomic mass is 16.7. The van der Waals surface area contributed by atoms with Gasteiger partial charge in [0.25, 0.3) is 0 Å². The zero-order chi connectivity index (χ0) is 26.0. The van der Waals surface area contributed by atoms with E-state index in [1.54, 1.807) is 32.9 Å². The molecule has 4 atom stereocenters. The molecule has 1 saturated heterocycles. The van der Waals surface area contributed by atoms with Crippen molar-refractivity contribution in [1.82, 2.24) is 0 Å². The van der Waals surface area contributed by atoms with E-state index in [1.807, 2.05) is 30.3 Å². The van der Waals surface area contributed by atoms with Gasteiger partial charge >= 0.3 is 11.7 Å². The highest BCUT2D eigenvalue weighted by Gasteiger charge is 2.50. The molecular formula is C26H29NO9. The number of methoxy groups -OCH3 is 1. The maximum absolute atomic E-state index is 12.6. The fraction of sp³-hybridized carbons (Fsp3) is 0.385. The Morgan fingerprint density at radius 1 is 1.11 bits per heavy atom. The predicted molar refractivity (Wildman–Crippen MR) is 130 cm³/mol. The molecule has 0 aliphatic carbocycles. The second kappa shape index (κ2) is 10.3. The molecule has 10 nitrogen and oxygen atoms in total. The third-order valence-corrected chi connectivity index (χ3v) is 6.09. The summed E-state index contributed by atoms with van der Waals surface area (Å²) in [5.41, 5.74) is -0.268. The Balaban J connectivity index is 1.51. The molecule has 3 aromatic rings.